The van der Waals surface area contributed by atoms with Crippen molar-refractivity contribution in [1.82, 2.24) is 9.80 Å². The molecule has 0 aromatic heterocycles. The fraction of sp³-hybridized carbons (Fsp3) is 0.938. The molecule has 0 aromatic rings. The van der Waals surface area contributed by atoms with Crippen LogP contribution in [-0.2, 0) is 4.79 Å². The Morgan fingerprint density at radius 1 is 1.10 bits per heavy atom. The highest BCUT2D eigenvalue weighted by atomic mass is 16.2. The predicted molar refractivity (Wildman–Crippen MR) is 80.3 cm³/mol. The quantitative estimate of drug-likeness (QED) is 0.832. The Bertz CT molecular complexity index is 352. The van der Waals surface area contributed by atoms with Crippen LogP contribution in [0.25, 0.3) is 0 Å². The van der Waals surface area contributed by atoms with Gasteiger partial charge in [0.1, 0.15) is 0 Å². The summed E-state index contributed by atoms with van der Waals surface area (Å²) in [6.45, 7) is 6.14. The third-order valence-electron chi connectivity index (χ3n) is 5.76. The van der Waals surface area contributed by atoms with Gasteiger partial charge in [0.25, 0.3) is 0 Å². The zero-order valence-corrected chi connectivity index (χ0v) is 12.8. The first-order chi connectivity index (χ1) is 9.66. The first-order valence-corrected chi connectivity index (χ1v) is 8.45. The van der Waals surface area contributed by atoms with Gasteiger partial charge in [0, 0.05) is 32.2 Å². The summed E-state index contributed by atoms with van der Waals surface area (Å²) < 4.78 is 0. The van der Waals surface area contributed by atoms with E-state index in [1.54, 1.807) is 0 Å². The minimum absolute atomic E-state index is 0.0471. The SMILES string of the molecule is CC(C(=O)N1CCCCCC1)N1CC2CCC(N)C2C1. The Kier molecular flexibility index (Phi) is 4.32. The molecule has 3 rings (SSSR count). The summed E-state index contributed by atoms with van der Waals surface area (Å²) in [7, 11) is 0. The largest absolute Gasteiger partial charge is 0.341 e. The number of fused-ring (bicyclic) bond motifs is 1. The third-order valence-corrected chi connectivity index (χ3v) is 5.76. The van der Waals surface area contributed by atoms with Crippen molar-refractivity contribution in [3.63, 3.8) is 0 Å². The van der Waals surface area contributed by atoms with Crippen molar-refractivity contribution in [2.75, 3.05) is 26.2 Å². The van der Waals surface area contributed by atoms with E-state index in [1.807, 2.05) is 0 Å². The van der Waals surface area contributed by atoms with Gasteiger partial charge in [-0.15, -0.1) is 0 Å². The average molecular weight is 279 g/mol. The van der Waals surface area contributed by atoms with E-state index in [9.17, 15) is 4.79 Å². The van der Waals surface area contributed by atoms with Crippen LogP contribution in [0.5, 0.6) is 0 Å². The summed E-state index contributed by atoms with van der Waals surface area (Å²) in [6, 6.07) is 0.413. The number of likely N-dealkylation sites (tertiary alicyclic amines) is 2. The van der Waals surface area contributed by atoms with Crippen LogP contribution in [0.1, 0.15) is 45.4 Å². The van der Waals surface area contributed by atoms with Crippen molar-refractivity contribution in [3.8, 4) is 0 Å². The Hall–Kier alpha value is -0.610. The fourth-order valence-electron chi connectivity index (χ4n) is 4.37. The molecule has 1 saturated carbocycles. The number of hydrogen-bond acceptors (Lipinski definition) is 3. The molecule has 114 valence electrons. The second kappa shape index (κ2) is 6.02. The van der Waals surface area contributed by atoms with Crippen LogP contribution < -0.4 is 5.73 Å². The van der Waals surface area contributed by atoms with Crippen molar-refractivity contribution in [2.45, 2.75) is 57.5 Å². The molecule has 3 aliphatic rings. The Morgan fingerprint density at radius 3 is 2.45 bits per heavy atom. The molecule has 1 aliphatic carbocycles. The van der Waals surface area contributed by atoms with E-state index in [-0.39, 0.29) is 6.04 Å². The number of carbonyl (C=O) groups is 1. The molecule has 4 unspecified atom stereocenters. The number of rotatable bonds is 2. The molecular formula is C16H29N3O. The number of nitrogens with zero attached hydrogens (tertiary/aromatic N) is 2. The van der Waals surface area contributed by atoms with Crippen LogP contribution in [0.4, 0.5) is 0 Å². The number of amides is 1. The topological polar surface area (TPSA) is 49.6 Å². The smallest absolute Gasteiger partial charge is 0.239 e. The van der Waals surface area contributed by atoms with E-state index >= 15 is 0 Å². The average Bonchev–Trinajstić information content (AvgIpc) is 2.89. The first kappa shape index (κ1) is 14.3. The molecule has 2 heterocycles. The van der Waals surface area contributed by atoms with Gasteiger partial charge in [-0.05, 0) is 44.4 Å². The highest BCUT2D eigenvalue weighted by Gasteiger charge is 2.43. The Balaban J connectivity index is 1.58. The monoisotopic (exact) mass is 279 g/mol. The molecule has 1 amide bonds. The van der Waals surface area contributed by atoms with Gasteiger partial charge in [-0.25, -0.2) is 0 Å². The van der Waals surface area contributed by atoms with Crippen molar-refractivity contribution < 1.29 is 4.79 Å². The minimum Gasteiger partial charge on any atom is -0.341 e. The van der Waals surface area contributed by atoms with Crippen LogP contribution in [-0.4, -0.2) is 54.0 Å². The van der Waals surface area contributed by atoms with E-state index in [2.05, 4.69) is 16.7 Å². The van der Waals surface area contributed by atoms with E-state index in [0.717, 1.165) is 32.1 Å². The van der Waals surface area contributed by atoms with Crippen LogP contribution in [0, 0.1) is 11.8 Å². The second-order valence-corrected chi connectivity index (χ2v) is 7.03. The number of carbonyl (C=O) groups excluding carboxylic acids is 1. The Morgan fingerprint density at radius 2 is 1.80 bits per heavy atom. The molecule has 20 heavy (non-hydrogen) atoms. The van der Waals surface area contributed by atoms with Crippen molar-refractivity contribution in [3.05, 3.63) is 0 Å². The highest BCUT2D eigenvalue weighted by Crippen LogP contribution is 2.38. The molecule has 4 heteroatoms. The maximum absolute atomic E-state index is 12.7. The molecule has 4 atom stereocenters. The lowest BCUT2D eigenvalue weighted by Crippen LogP contribution is -2.47. The van der Waals surface area contributed by atoms with E-state index < -0.39 is 0 Å². The maximum atomic E-state index is 12.7. The normalized spacial score (nSPS) is 36.7. The van der Waals surface area contributed by atoms with Crippen molar-refractivity contribution >= 4 is 5.91 Å². The molecule has 0 bridgehead atoms. The zero-order valence-electron chi connectivity index (χ0n) is 12.8. The van der Waals surface area contributed by atoms with Gasteiger partial charge in [0.2, 0.25) is 5.91 Å². The van der Waals surface area contributed by atoms with Crippen LogP contribution in [0.2, 0.25) is 0 Å². The third kappa shape index (κ3) is 2.73. The Labute approximate surface area is 122 Å². The van der Waals surface area contributed by atoms with Gasteiger partial charge in [-0.2, -0.15) is 0 Å². The molecule has 2 N–H and O–H groups in total. The predicted octanol–water partition coefficient (Wildman–Crippen LogP) is 1.45. The lowest BCUT2D eigenvalue weighted by molar-refractivity contribution is -0.136. The highest BCUT2D eigenvalue weighted by molar-refractivity contribution is 5.81. The molecule has 2 saturated heterocycles. The first-order valence-electron chi connectivity index (χ1n) is 8.45. The van der Waals surface area contributed by atoms with Gasteiger partial charge in [-0.1, -0.05) is 12.8 Å². The molecule has 4 nitrogen and oxygen atoms in total. The van der Waals surface area contributed by atoms with E-state index in [1.165, 1.54) is 38.5 Å². The van der Waals surface area contributed by atoms with Gasteiger partial charge >= 0.3 is 0 Å². The lowest BCUT2D eigenvalue weighted by atomic mass is 9.98. The maximum Gasteiger partial charge on any atom is 0.239 e. The summed E-state index contributed by atoms with van der Waals surface area (Å²) in [4.78, 5) is 17.2. The van der Waals surface area contributed by atoms with E-state index in [4.69, 9.17) is 5.73 Å². The second-order valence-electron chi connectivity index (χ2n) is 7.03. The van der Waals surface area contributed by atoms with Gasteiger partial charge in [0.15, 0.2) is 0 Å². The molecular weight excluding hydrogens is 250 g/mol. The molecule has 0 radical (unpaired) electrons. The molecule has 3 fully saturated rings. The van der Waals surface area contributed by atoms with Gasteiger partial charge < -0.3 is 10.6 Å². The molecule has 0 spiro atoms. The van der Waals surface area contributed by atoms with Gasteiger partial charge in [-0.3, -0.25) is 9.69 Å². The summed E-state index contributed by atoms with van der Waals surface area (Å²) in [5.41, 5.74) is 6.20. The molecule has 0 aromatic carbocycles. The van der Waals surface area contributed by atoms with Crippen LogP contribution in [0.3, 0.4) is 0 Å². The summed E-state index contributed by atoms with van der Waals surface area (Å²) in [5.74, 6) is 1.72. The van der Waals surface area contributed by atoms with Crippen LogP contribution in [0.15, 0.2) is 0 Å². The van der Waals surface area contributed by atoms with E-state index in [0.29, 0.717) is 17.9 Å². The number of hydrogen-bond donors (Lipinski definition) is 1. The zero-order chi connectivity index (χ0) is 14.1. The van der Waals surface area contributed by atoms with Crippen LogP contribution >= 0.6 is 0 Å². The van der Waals surface area contributed by atoms with Crippen molar-refractivity contribution in [1.29, 1.82) is 0 Å². The fourth-order valence-corrected chi connectivity index (χ4v) is 4.37. The minimum atomic E-state index is 0.0471. The molecule has 2 aliphatic heterocycles. The van der Waals surface area contributed by atoms with Crippen molar-refractivity contribution in [2.24, 2.45) is 17.6 Å². The summed E-state index contributed by atoms with van der Waals surface area (Å²) in [5, 5.41) is 0. The standard InChI is InChI=1S/C16H29N3O/c1-12(16(20)18-8-4-2-3-5-9-18)19-10-13-6-7-15(17)14(13)11-19/h12-15H,2-11,17H2,1H3. The van der Waals surface area contributed by atoms with Gasteiger partial charge in [0.05, 0.1) is 6.04 Å². The lowest BCUT2D eigenvalue weighted by Gasteiger charge is -2.30. The summed E-state index contributed by atoms with van der Waals surface area (Å²) in [6.07, 6.45) is 7.34. The number of nitrogens with two attached hydrogens (primary N) is 1. The summed E-state index contributed by atoms with van der Waals surface area (Å²) >= 11 is 0.